The highest BCUT2D eigenvalue weighted by molar-refractivity contribution is 6.24. The number of rotatable bonds is 2. The van der Waals surface area contributed by atoms with Crippen molar-refractivity contribution in [2.45, 2.75) is 33.8 Å². The van der Waals surface area contributed by atoms with E-state index in [-0.39, 0.29) is 12.0 Å². The summed E-state index contributed by atoms with van der Waals surface area (Å²) in [6, 6.07) is 2.03. The minimum Gasteiger partial charge on any atom is -0.473 e. The first-order valence-electron chi connectivity index (χ1n) is 5.90. The number of amides is 1. The number of aromatic amines is 1. The molecule has 1 amide bonds. The lowest BCUT2D eigenvalue weighted by molar-refractivity contribution is -0.116. The smallest absolute Gasteiger partial charge is 0.277 e. The first kappa shape index (κ1) is 12.4. The van der Waals surface area contributed by atoms with Gasteiger partial charge in [-0.1, -0.05) is 0 Å². The number of H-pyrrole nitrogens is 1. The zero-order chi connectivity index (χ0) is 13.3. The number of nitrogens with one attached hydrogen (secondary N) is 2. The second kappa shape index (κ2) is 4.68. The van der Waals surface area contributed by atoms with Gasteiger partial charge in [-0.25, -0.2) is 5.43 Å². The van der Waals surface area contributed by atoms with Gasteiger partial charge in [0.25, 0.3) is 5.91 Å². The van der Waals surface area contributed by atoms with E-state index in [1.807, 2.05) is 33.8 Å². The fraction of sp³-hybridized carbons (Fsp3) is 0.385. The zero-order valence-corrected chi connectivity index (χ0v) is 11.0. The number of hydrogen-bond donors (Lipinski definition) is 2. The zero-order valence-electron chi connectivity index (χ0n) is 11.0. The van der Waals surface area contributed by atoms with Crippen LogP contribution in [0.15, 0.2) is 16.7 Å². The molecule has 1 aliphatic rings. The number of carbonyl (C=O) groups is 1. The maximum Gasteiger partial charge on any atom is 0.277 e. The van der Waals surface area contributed by atoms with Crippen LogP contribution in [0.5, 0.6) is 0 Å². The van der Waals surface area contributed by atoms with E-state index in [0.29, 0.717) is 11.5 Å². The lowest BCUT2D eigenvalue weighted by Crippen LogP contribution is -2.16. The van der Waals surface area contributed by atoms with E-state index < -0.39 is 0 Å². The minimum atomic E-state index is -0.239. The Balaban J connectivity index is 2.32. The Bertz CT molecular complexity index is 538. The number of nitrogens with zero attached hydrogens (tertiary/aromatic N) is 1. The summed E-state index contributed by atoms with van der Waals surface area (Å²) in [7, 11) is 0. The summed E-state index contributed by atoms with van der Waals surface area (Å²) in [6.07, 6.45) is 1.75. The first-order valence-corrected chi connectivity index (χ1v) is 5.90. The summed E-state index contributed by atoms with van der Waals surface area (Å²) >= 11 is 0. The molecule has 1 aliphatic heterocycles. The van der Waals surface area contributed by atoms with Gasteiger partial charge in [0.15, 0.2) is 0 Å². The van der Waals surface area contributed by atoms with Crippen LogP contribution in [0.4, 0.5) is 0 Å². The Morgan fingerprint density at radius 3 is 2.67 bits per heavy atom. The summed E-state index contributed by atoms with van der Waals surface area (Å²) in [6.45, 7) is 7.76. The second-order valence-corrected chi connectivity index (χ2v) is 4.63. The van der Waals surface area contributed by atoms with Crippen molar-refractivity contribution in [1.82, 2.24) is 10.4 Å². The van der Waals surface area contributed by atoms with Crippen LogP contribution in [0.2, 0.25) is 0 Å². The van der Waals surface area contributed by atoms with Crippen molar-refractivity contribution in [3.8, 4) is 0 Å². The standard InChI is InChI=1S/C13H17N3O2/c1-7(2)18-13-10(12(17)15-16-13)6-11-8(3)5-9(4)14-11/h5-7,14H,1-4H3,(H,15,17)/b10-6-. The van der Waals surface area contributed by atoms with E-state index in [0.717, 1.165) is 17.0 Å². The molecule has 0 bridgehead atoms. The van der Waals surface area contributed by atoms with Gasteiger partial charge in [-0.3, -0.25) is 4.79 Å². The summed E-state index contributed by atoms with van der Waals surface area (Å²) in [5, 5.41) is 3.88. The van der Waals surface area contributed by atoms with Crippen LogP contribution in [-0.2, 0) is 9.53 Å². The molecular weight excluding hydrogens is 230 g/mol. The summed E-state index contributed by atoms with van der Waals surface area (Å²) < 4.78 is 5.50. The van der Waals surface area contributed by atoms with Gasteiger partial charge >= 0.3 is 0 Å². The summed E-state index contributed by atoms with van der Waals surface area (Å²) in [5.74, 6) is 0.110. The average Bonchev–Trinajstić information content (AvgIpc) is 2.74. The number of aromatic nitrogens is 1. The average molecular weight is 247 g/mol. The molecule has 18 heavy (non-hydrogen) atoms. The van der Waals surface area contributed by atoms with Gasteiger partial charge in [-0.2, -0.15) is 0 Å². The molecule has 2 heterocycles. The number of hydrazone groups is 1. The van der Waals surface area contributed by atoms with Gasteiger partial charge in [0, 0.05) is 11.4 Å². The maximum atomic E-state index is 11.7. The molecule has 2 rings (SSSR count). The maximum absolute atomic E-state index is 11.7. The van der Waals surface area contributed by atoms with Crippen molar-refractivity contribution >= 4 is 17.9 Å². The van der Waals surface area contributed by atoms with E-state index in [9.17, 15) is 4.79 Å². The van der Waals surface area contributed by atoms with Gasteiger partial charge in [-0.05, 0) is 45.4 Å². The highest BCUT2D eigenvalue weighted by atomic mass is 16.5. The van der Waals surface area contributed by atoms with Crippen LogP contribution < -0.4 is 5.43 Å². The molecule has 1 aromatic rings. The number of carbonyl (C=O) groups excluding carboxylic acids is 1. The van der Waals surface area contributed by atoms with Crippen molar-refractivity contribution in [2.75, 3.05) is 0 Å². The normalized spacial score (nSPS) is 17.3. The number of ether oxygens (including phenoxy) is 1. The van der Waals surface area contributed by atoms with E-state index in [2.05, 4.69) is 15.5 Å². The largest absolute Gasteiger partial charge is 0.473 e. The number of hydrogen-bond acceptors (Lipinski definition) is 3. The molecule has 0 saturated heterocycles. The molecule has 0 aliphatic carbocycles. The Kier molecular flexibility index (Phi) is 3.23. The quantitative estimate of drug-likeness (QED) is 0.784. The highest BCUT2D eigenvalue weighted by Gasteiger charge is 2.25. The summed E-state index contributed by atoms with van der Waals surface area (Å²) in [5.41, 5.74) is 5.91. The van der Waals surface area contributed by atoms with Gasteiger partial charge in [-0.15, -0.1) is 5.10 Å². The molecule has 0 aromatic carbocycles. The molecule has 0 spiro atoms. The minimum absolute atomic E-state index is 0.0219. The molecule has 5 nitrogen and oxygen atoms in total. The third-order valence-electron chi connectivity index (χ3n) is 2.56. The fourth-order valence-electron chi connectivity index (χ4n) is 1.80. The molecule has 2 N–H and O–H groups in total. The van der Waals surface area contributed by atoms with Gasteiger partial charge in [0.05, 0.1) is 6.10 Å². The van der Waals surface area contributed by atoms with Crippen LogP contribution in [0.1, 0.15) is 30.8 Å². The van der Waals surface area contributed by atoms with Crippen molar-refractivity contribution in [3.05, 3.63) is 28.6 Å². The molecule has 0 saturated carbocycles. The third kappa shape index (κ3) is 2.45. The number of aryl methyl sites for hydroxylation is 2. The predicted octanol–water partition coefficient (Wildman–Crippen LogP) is 1.88. The van der Waals surface area contributed by atoms with Gasteiger partial charge in [0.2, 0.25) is 5.90 Å². The Morgan fingerprint density at radius 1 is 1.39 bits per heavy atom. The van der Waals surface area contributed by atoms with E-state index in [4.69, 9.17) is 4.74 Å². The Labute approximate surface area is 106 Å². The molecule has 0 unspecified atom stereocenters. The summed E-state index contributed by atoms with van der Waals surface area (Å²) in [4.78, 5) is 14.9. The third-order valence-corrected chi connectivity index (χ3v) is 2.56. The molecule has 5 heteroatoms. The molecule has 1 aromatic heterocycles. The van der Waals surface area contributed by atoms with Crippen LogP contribution in [0.3, 0.4) is 0 Å². The van der Waals surface area contributed by atoms with Crippen molar-refractivity contribution in [2.24, 2.45) is 5.10 Å². The molecule has 0 radical (unpaired) electrons. The predicted molar refractivity (Wildman–Crippen MR) is 70.0 cm³/mol. The van der Waals surface area contributed by atoms with E-state index >= 15 is 0 Å². The molecule has 0 fully saturated rings. The second-order valence-electron chi connectivity index (χ2n) is 4.63. The molecule has 0 atom stereocenters. The van der Waals surface area contributed by atoms with Gasteiger partial charge in [0.1, 0.15) is 5.57 Å². The molecule has 96 valence electrons. The Morgan fingerprint density at radius 2 is 2.11 bits per heavy atom. The van der Waals surface area contributed by atoms with Crippen LogP contribution in [-0.4, -0.2) is 22.9 Å². The van der Waals surface area contributed by atoms with Crippen LogP contribution >= 0.6 is 0 Å². The van der Waals surface area contributed by atoms with Crippen LogP contribution in [0.25, 0.3) is 6.08 Å². The molecular formula is C13H17N3O2. The lowest BCUT2D eigenvalue weighted by Gasteiger charge is -2.08. The van der Waals surface area contributed by atoms with E-state index in [1.165, 1.54) is 0 Å². The first-order chi connectivity index (χ1) is 8.47. The fourth-order valence-corrected chi connectivity index (χ4v) is 1.80. The van der Waals surface area contributed by atoms with Crippen molar-refractivity contribution < 1.29 is 9.53 Å². The van der Waals surface area contributed by atoms with Crippen LogP contribution in [0, 0.1) is 13.8 Å². The lowest BCUT2D eigenvalue weighted by atomic mass is 10.1. The van der Waals surface area contributed by atoms with Gasteiger partial charge < -0.3 is 9.72 Å². The topological polar surface area (TPSA) is 66.5 Å². The highest BCUT2D eigenvalue weighted by Crippen LogP contribution is 2.17. The SMILES string of the molecule is Cc1cc(C)c(/C=C2/C(=O)NN=C2OC(C)C)[nH]1. The van der Waals surface area contributed by atoms with E-state index in [1.54, 1.807) is 6.08 Å². The van der Waals surface area contributed by atoms with Crippen molar-refractivity contribution in [1.29, 1.82) is 0 Å². The Hall–Kier alpha value is -2.04. The monoisotopic (exact) mass is 247 g/mol. The van der Waals surface area contributed by atoms with Crippen molar-refractivity contribution in [3.63, 3.8) is 0 Å².